The molecular formula is C5H10O4. The molecule has 0 aromatic rings. The second kappa shape index (κ2) is 2.62. The van der Waals surface area contributed by atoms with Gasteiger partial charge in [-0.15, -0.1) is 0 Å². The maximum Gasteiger partial charge on any atom is 0.181 e. The minimum absolute atomic E-state index is 0.406. The Morgan fingerprint density at radius 1 is 1.44 bits per heavy atom. The molecule has 2 atom stereocenters. The summed E-state index contributed by atoms with van der Waals surface area (Å²) in [6.45, 7) is 0.406. The van der Waals surface area contributed by atoms with Crippen LogP contribution in [0.5, 0.6) is 0 Å². The van der Waals surface area contributed by atoms with Crippen molar-refractivity contribution in [3.63, 3.8) is 0 Å². The number of hydrogen-bond donors (Lipinski definition) is 3. The molecule has 1 rings (SSSR count). The molecule has 0 radical (unpaired) electrons. The lowest BCUT2D eigenvalue weighted by Crippen LogP contribution is -2.33. The third-order valence-electron chi connectivity index (χ3n) is 1.40. The van der Waals surface area contributed by atoms with Crippen molar-refractivity contribution in [3.05, 3.63) is 0 Å². The third kappa shape index (κ3) is 1.40. The van der Waals surface area contributed by atoms with Crippen molar-refractivity contribution in [2.75, 3.05) is 6.61 Å². The van der Waals surface area contributed by atoms with E-state index in [9.17, 15) is 0 Å². The van der Waals surface area contributed by atoms with Crippen molar-refractivity contribution in [2.45, 2.75) is 24.9 Å². The molecular weight excluding hydrogens is 124 g/mol. The summed E-state index contributed by atoms with van der Waals surface area (Å²) in [6.07, 6.45) is -2.58. The highest BCUT2D eigenvalue weighted by atomic mass is 16.6. The topological polar surface area (TPSA) is 69.9 Å². The van der Waals surface area contributed by atoms with Gasteiger partial charge in [0.1, 0.15) is 6.10 Å². The van der Waals surface area contributed by atoms with Gasteiger partial charge in [-0.1, -0.05) is 0 Å². The van der Waals surface area contributed by atoms with Crippen LogP contribution in [0.3, 0.4) is 0 Å². The predicted molar refractivity (Wildman–Crippen MR) is 28.6 cm³/mol. The van der Waals surface area contributed by atoms with E-state index in [4.69, 9.17) is 20.1 Å². The lowest BCUT2D eigenvalue weighted by Gasteiger charge is -2.14. The molecule has 1 heterocycles. The van der Waals surface area contributed by atoms with Crippen molar-refractivity contribution in [1.82, 2.24) is 0 Å². The molecule has 4 heteroatoms. The summed E-state index contributed by atoms with van der Waals surface area (Å²) >= 11 is 0. The van der Waals surface area contributed by atoms with E-state index in [-0.39, 0.29) is 0 Å². The summed E-state index contributed by atoms with van der Waals surface area (Å²) in [4.78, 5) is 0. The Morgan fingerprint density at radius 2 is 2.11 bits per heavy atom. The first kappa shape index (κ1) is 6.95. The van der Waals surface area contributed by atoms with Gasteiger partial charge in [0.05, 0.1) is 6.10 Å². The molecule has 4 nitrogen and oxygen atoms in total. The zero-order valence-corrected chi connectivity index (χ0v) is 4.90. The first-order valence-corrected chi connectivity index (χ1v) is 2.87. The first-order valence-electron chi connectivity index (χ1n) is 2.87. The summed E-state index contributed by atoms with van der Waals surface area (Å²) in [5, 5.41) is 25.9. The van der Waals surface area contributed by atoms with E-state index >= 15 is 0 Å². The summed E-state index contributed by atoms with van der Waals surface area (Å²) < 4.78 is 4.78. The molecule has 3 N–H and O–H groups in total. The van der Waals surface area contributed by atoms with E-state index in [1.807, 2.05) is 0 Å². The van der Waals surface area contributed by atoms with Gasteiger partial charge < -0.3 is 20.1 Å². The average Bonchev–Trinajstić information content (AvgIpc) is 2.13. The van der Waals surface area contributed by atoms with Gasteiger partial charge in [0, 0.05) is 6.61 Å². The molecule has 0 amide bonds. The van der Waals surface area contributed by atoms with Crippen LogP contribution in [0.15, 0.2) is 0 Å². The molecule has 0 aromatic heterocycles. The van der Waals surface area contributed by atoms with Crippen molar-refractivity contribution in [3.8, 4) is 0 Å². The summed E-state index contributed by atoms with van der Waals surface area (Å²) in [7, 11) is 0. The van der Waals surface area contributed by atoms with Crippen LogP contribution >= 0.6 is 0 Å². The number of ether oxygens (including phenoxy) is 1. The minimum Gasteiger partial charge on any atom is -0.390 e. The van der Waals surface area contributed by atoms with Gasteiger partial charge in [-0.05, 0) is 6.42 Å². The van der Waals surface area contributed by atoms with Crippen LogP contribution in [0.25, 0.3) is 0 Å². The quantitative estimate of drug-likeness (QED) is 0.380. The monoisotopic (exact) mass is 134 g/mol. The van der Waals surface area contributed by atoms with Crippen molar-refractivity contribution < 1.29 is 20.1 Å². The maximum atomic E-state index is 8.91. The highest BCUT2D eigenvalue weighted by molar-refractivity contribution is 4.75. The third-order valence-corrected chi connectivity index (χ3v) is 1.40. The molecule has 0 bridgehead atoms. The predicted octanol–water partition coefficient (Wildman–Crippen LogP) is -1.55. The van der Waals surface area contributed by atoms with E-state index in [0.717, 1.165) is 0 Å². The molecule has 0 spiro atoms. The zero-order valence-electron chi connectivity index (χ0n) is 4.90. The van der Waals surface area contributed by atoms with Gasteiger partial charge in [0.15, 0.2) is 6.29 Å². The normalized spacial score (nSPS) is 36.0. The summed E-state index contributed by atoms with van der Waals surface area (Å²) in [5.41, 5.74) is 0. The second-order valence-electron chi connectivity index (χ2n) is 2.11. The maximum absolute atomic E-state index is 8.91. The van der Waals surface area contributed by atoms with Crippen LogP contribution in [-0.2, 0) is 4.74 Å². The van der Waals surface area contributed by atoms with E-state index in [2.05, 4.69) is 0 Å². The number of rotatable bonds is 1. The Bertz CT molecular complexity index is 93.0. The molecule has 54 valence electrons. The number of aliphatic hydroxyl groups is 3. The van der Waals surface area contributed by atoms with Crippen LogP contribution in [0.2, 0.25) is 0 Å². The van der Waals surface area contributed by atoms with Crippen LogP contribution < -0.4 is 0 Å². The molecule has 0 aliphatic carbocycles. The Labute approximate surface area is 52.7 Å². The van der Waals surface area contributed by atoms with E-state index in [0.29, 0.717) is 13.0 Å². The first-order chi connectivity index (χ1) is 4.22. The van der Waals surface area contributed by atoms with Gasteiger partial charge >= 0.3 is 0 Å². The molecule has 0 aromatic carbocycles. The van der Waals surface area contributed by atoms with Gasteiger partial charge in [0.2, 0.25) is 0 Å². The molecule has 9 heavy (non-hydrogen) atoms. The van der Waals surface area contributed by atoms with Crippen molar-refractivity contribution in [2.24, 2.45) is 0 Å². The van der Waals surface area contributed by atoms with Crippen molar-refractivity contribution >= 4 is 0 Å². The Kier molecular flexibility index (Phi) is 2.02. The van der Waals surface area contributed by atoms with E-state index in [1.54, 1.807) is 0 Å². The molecule has 1 aliphatic rings. The lowest BCUT2D eigenvalue weighted by atomic mass is 10.2. The van der Waals surface area contributed by atoms with Crippen molar-refractivity contribution in [1.29, 1.82) is 0 Å². The summed E-state index contributed by atoms with van der Waals surface area (Å²) in [6, 6.07) is 0. The SMILES string of the molecule is OC(O)C1OCCC1O. The van der Waals surface area contributed by atoms with Crippen LogP contribution in [0, 0.1) is 0 Å². The fourth-order valence-corrected chi connectivity index (χ4v) is 0.885. The molecule has 1 fully saturated rings. The largest absolute Gasteiger partial charge is 0.390 e. The Morgan fingerprint density at radius 3 is 2.33 bits per heavy atom. The Balaban J connectivity index is 2.40. The van der Waals surface area contributed by atoms with Gasteiger partial charge in [-0.2, -0.15) is 0 Å². The fourth-order valence-electron chi connectivity index (χ4n) is 0.885. The molecule has 0 saturated carbocycles. The van der Waals surface area contributed by atoms with Gasteiger partial charge in [0.25, 0.3) is 0 Å². The molecule has 1 saturated heterocycles. The molecule has 1 aliphatic heterocycles. The summed E-state index contributed by atoms with van der Waals surface area (Å²) in [5.74, 6) is 0. The number of hydrogen-bond acceptors (Lipinski definition) is 4. The Hall–Kier alpha value is -0.160. The lowest BCUT2D eigenvalue weighted by molar-refractivity contribution is -0.149. The number of aliphatic hydroxyl groups excluding tert-OH is 2. The average molecular weight is 134 g/mol. The zero-order chi connectivity index (χ0) is 6.85. The van der Waals surface area contributed by atoms with E-state index < -0.39 is 18.5 Å². The highest BCUT2D eigenvalue weighted by Crippen LogP contribution is 2.14. The van der Waals surface area contributed by atoms with Crippen LogP contribution in [-0.4, -0.2) is 40.4 Å². The fraction of sp³-hybridized carbons (Fsp3) is 1.00. The minimum atomic E-state index is -1.55. The smallest absolute Gasteiger partial charge is 0.181 e. The molecule has 2 unspecified atom stereocenters. The standard InChI is InChI=1S/C5H10O4/c6-3-1-2-9-4(3)5(7)8/h3-8H,1-2H2. The van der Waals surface area contributed by atoms with Crippen LogP contribution in [0.1, 0.15) is 6.42 Å². The highest BCUT2D eigenvalue weighted by Gasteiger charge is 2.31. The van der Waals surface area contributed by atoms with E-state index in [1.165, 1.54) is 0 Å². The van der Waals surface area contributed by atoms with Gasteiger partial charge in [-0.25, -0.2) is 0 Å². The van der Waals surface area contributed by atoms with Gasteiger partial charge in [-0.3, -0.25) is 0 Å². The van der Waals surface area contributed by atoms with Crippen LogP contribution in [0.4, 0.5) is 0 Å². The second-order valence-corrected chi connectivity index (χ2v) is 2.11.